The predicted octanol–water partition coefficient (Wildman–Crippen LogP) is 3.36. The van der Waals surface area contributed by atoms with Crippen molar-refractivity contribution in [1.82, 2.24) is 15.5 Å². The van der Waals surface area contributed by atoms with E-state index in [1.165, 1.54) is 12.8 Å². The highest BCUT2D eigenvalue weighted by Gasteiger charge is 2.21. The Balaban J connectivity index is 1.80. The van der Waals surface area contributed by atoms with Gasteiger partial charge in [-0.15, -0.1) is 10.2 Å². The maximum absolute atomic E-state index is 5.67. The summed E-state index contributed by atoms with van der Waals surface area (Å²) in [6.45, 7) is 0.655. The Morgan fingerprint density at radius 2 is 2.22 bits per heavy atom. The monoisotopic (exact) mass is 419 g/mol. The molecule has 0 unspecified atom stereocenters. The first-order chi connectivity index (χ1) is 8.72. The Kier molecular flexibility index (Phi) is 3.67. The molecule has 18 heavy (non-hydrogen) atoms. The van der Waals surface area contributed by atoms with E-state index in [-0.39, 0.29) is 0 Å². The SMILES string of the molecule is Brc1ccc(I)c(-c2nnc(CNC3CC3)o2)c1. The normalized spacial score (nSPS) is 15.0. The first kappa shape index (κ1) is 12.6. The zero-order valence-corrected chi connectivity index (χ0v) is 13.2. The van der Waals surface area contributed by atoms with Crippen LogP contribution in [0.1, 0.15) is 18.7 Å². The zero-order chi connectivity index (χ0) is 12.5. The first-order valence-corrected chi connectivity index (χ1v) is 7.61. The molecule has 0 aliphatic heterocycles. The van der Waals surface area contributed by atoms with Gasteiger partial charge in [-0.1, -0.05) is 15.9 Å². The van der Waals surface area contributed by atoms with Gasteiger partial charge < -0.3 is 9.73 Å². The van der Waals surface area contributed by atoms with Crippen molar-refractivity contribution < 1.29 is 4.42 Å². The van der Waals surface area contributed by atoms with Crippen molar-refractivity contribution in [2.45, 2.75) is 25.4 Å². The van der Waals surface area contributed by atoms with Gasteiger partial charge >= 0.3 is 0 Å². The van der Waals surface area contributed by atoms with Crippen LogP contribution in [-0.2, 0) is 6.54 Å². The Hall–Kier alpha value is -0.470. The van der Waals surface area contributed by atoms with Crippen molar-refractivity contribution in [1.29, 1.82) is 0 Å². The van der Waals surface area contributed by atoms with Crippen LogP contribution in [0.15, 0.2) is 27.1 Å². The van der Waals surface area contributed by atoms with Crippen LogP contribution in [0.3, 0.4) is 0 Å². The topological polar surface area (TPSA) is 51.0 Å². The summed E-state index contributed by atoms with van der Waals surface area (Å²) in [7, 11) is 0. The van der Waals surface area contributed by atoms with Crippen LogP contribution in [-0.4, -0.2) is 16.2 Å². The maximum Gasteiger partial charge on any atom is 0.248 e. The molecule has 6 heteroatoms. The maximum atomic E-state index is 5.67. The molecule has 0 spiro atoms. The largest absolute Gasteiger partial charge is 0.419 e. The lowest BCUT2D eigenvalue weighted by Crippen LogP contribution is -2.15. The Morgan fingerprint density at radius 3 is 3.00 bits per heavy atom. The third kappa shape index (κ3) is 2.92. The molecule has 0 atom stereocenters. The van der Waals surface area contributed by atoms with Crippen molar-refractivity contribution in [2.75, 3.05) is 0 Å². The van der Waals surface area contributed by atoms with E-state index in [1.54, 1.807) is 0 Å². The summed E-state index contributed by atoms with van der Waals surface area (Å²) in [4.78, 5) is 0. The minimum Gasteiger partial charge on any atom is -0.419 e. The molecule has 4 nitrogen and oxygen atoms in total. The average molecular weight is 420 g/mol. The molecule has 0 saturated heterocycles. The molecular formula is C12H11BrIN3O. The molecule has 0 amide bonds. The highest BCUT2D eigenvalue weighted by Crippen LogP contribution is 2.27. The summed E-state index contributed by atoms with van der Waals surface area (Å²) < 4.78 is 7.78. The van der Waals surface area contributed by atoms with Crippen molar-refractivity contribution >= 4 is 38.5 Å². The summed E-state index contributed by atoms with van der Waals surface area (Å²) in [6.07, 6.45) is 2.51. The van der Waals surface area contributed by atoms with Crippen LogP contribution in [0.4, 0.5) is 0 Å². The Labute approximate surface area is 127 Å². The molecule has 1 N–H and O–H groups in total. The van der Waals surface area contributed by atoms with Gasteiger partial charge in [0.25, 0.3) is 0 Å². The molecule has 1 fully saturated rings. The highest BCUT2D eigenvalue weighted by atomic mass is 127. The molecule has 0 bridgehead atoms. The van der Waals surface area contributed by atoms with E-state index >= 15 is 0 Å². The number of nitrogens with one attached hydrogen (secondary N) is 1. The molecule has 0 radical (unpaired) electrons. The minimum absolute atomic E-state index is 0.577. The van der Waals surface area contributed by atoms with Crippen molar-refractivity contribution in [3.63, 3.8) is 0 Å². The smallest absolute Gasteiger partial charge is 0.248 e. The molecule has 1 saturated carbocycles. The number of aromatic nitrogens is 2. The second kappa shape index (κ2) is 5.26. The number of halogens is 2. The van der Waals surface area contributed by atoms with Gasteiger partial charge in [0.2, 0.25) is 11.8 Å². The fourth-order valence-electron chi connectivity index (χ4n) is 1.61. The van der Waals surface area contributed by atoms with E-state index < -0.39 is 0 Å². The molecule has 2 aromatic rings. The van der Waals surface area contributed by atoms with Crippen LogP contribution in [0.2, 0.25) is 0 Å². The van der Waals surface area contributed by atoms with E-state index in [4.69, 9.17) is 4.42 Å². The third-order valence-corrected chi connectivity index (χ3v) is 4.18. The fourth-order valence-corrected chi connectivity index (χ4v) is 2.54. The molecule has 1 aliphatic rings. The number of hydrogen-bond acceptors (Lipinski definition) is 4. The minimum atomic E-state index is 0.577. The van der Waals surface area contributed by atoms with E-state index in [0.29, 0.717) is 24.4 Å². The molecule has 1 heterocycles. The fraction of sp³-hybridized carbons (Fsp3) is 0.333. The van der Waals surface area contributed by atoms with Crippen LogP contribution in [0, 0.1) is 3.57 Å². The van der Waals surface area contributed by atoms with Gasteiger partial charge in [0.15, 0.2) is 0 Å². The summed E-state index contributed by atoms with van der Waals surface area (Å²) in [5, 5.41) is 11.5. The van der Waals surface area contributed by atoms with E-state index in [2.05, 4.69) is 54.0 Å². The summed E-state index contributed by atoms with van der Waals surface area (Å²) in [5.74, 6) is 1.22. The van der Waals surface area contributed by atoms with E-state index in [9.17, 15) is 0 Å². The lowest BCUT2D eigenvalue weighted by Gasteiger charge is -2.00. The molecular weight excluding hydrogens is 409 g/mol. The van der Waals surface area contributed by atoms with Gasteiger partial charge in [-0.3, -0.25) is 0 Å². The van der Waals surface area contributed by atoms with Crippen molar-refractivity contribution in [2.24, 2.45) is 0 Å². The van der Waals surface area contributed by atoms with Gasteiger partial charge in [0.1, 0.15) is 0 Å². The average Bonchev–Trinajstić information content (AvgIpc) is 3.08. The van der Waals surface area contributed by atoms with Crippen LogP contribution >= 0.6 is 38.5 Å². The third-order valence-electron chi connectivity index (χ3n) is 2.74. The lowest BCUT2D eigenvalue weighted by molar-refractivity contribution is 0.476. The van der Waals surface area contributed by atoms with E-state index in [1.807, 2.05) is 18.2 Å². The Morgan fingerprint density at radius 1 is 1.39 bits per heavy atom. The number of benzene rings is 1. The van der Waals surface area contributed by atoms with Gasteiger partial charge in [0.05, 0.1) is 12.1 Å². The van der Waals surface area contributed by atoms with E-state index in [0.717, 1.165) is 13.6 Å². The first-order valence-electron chi connectivity index (χ1n) is 5.73. The van der Waals surface area contributed by atoms with Gasteiger partial charge in [0, 0.05) is 14.1 Å². The standard InChI is InChI=1S/C12H11BrIN3O/c13-7-1-4-10(14)9(5-7)12-17-16-11(18-12)6-15-8-2-3-8/h1,4-5,8,15H,2-3,6H2. The second-order valence-electron chi connectivity index (χ2n) is 4.28. The summed E-state index contributed by atoms with van der Waals surface area (Å²) in [6, 6.07) is 6.66. The lowest BCUT2D eigenvalue weighted by atomic mass is 10.2. The number of rotatable bonds is 4. The highest BCUT2D eigenvalue weighted by molar-refractivity contribution is 14.1. The number of hydrogen-bond donors (Lipinski definition) is 1. The molecule has 3 rings (SSSR count). The predicted molar refractivity (Wildman–Crippen MR) is 80.0 cm³/mol. The van der Waals surface area contributed by atoms with Crippen molar-refractivity contribution in [3.05, 3.63) is 32.1 Å². The quantitative estimate of drug-likeness (QED) is 0.772. The zero-order valence-electron chi connectivity index (χ0n) is 9.49. The Bertz CT molecular complexity index is 568. The molecule has 1 aromatic carbocycles. The van der Waals surface area contributed by atoms with Crippen LogP contribution in [0.5, 0.6) is 0 Å². The van der Waals surface area contributed by atoms with Gasteiger partial charge in [-0.05, 0) is 53.6 Å². The molecule has 1 aromatic heterocycles. The molecule has 1 aliphatic carbocycles. The summed E-state index contributed by atoms with van der Waals surface area (Å²) in [5.41, 5.74) is 0.968. The summed E-state index contributed by atoms with van der Waals surface area (Å²) >= 11 is 5.72. The van der Waals surface area contributed by atoms with Gasteiger partial charge in [-0.2, -0.15) is 0 Å². The van der Waals surface area contributed by atoms with Crippen LogP contribution in [0.25, 0.3) is 11.5 Å². The van der Waals surface area contributed by atoms with Gasteiger partial charge in [-0.25, -0.2) is 0 Å². The second-order valence-corrected chi connectivity index (χ2v) is 6.36. The van der Waals surface area contributed by atoms with Crippen LogP contribution < -0.4 is 5.32 Å². The molecule has 94 valence electrons. The number of nitrogens with zero attached hydrogens (tertiary/aromatic N) is 2. The van der Waals surface area contributed by atoms with Crippen molar-refractivity contribution in [3.8, 4) is 11.5 Å².